The van der Waals surface area contributed by atoms with E-state index in [-0.39, 0.29) is 5.78 Å². The van der Waals surface area contributed by atoms with Crippen LogP contribution in [0.15, 0.2) is 42.2 Å². The van der Waals surface area contributed by atoms with Crippen LogP contribution in [0.5, 0.6) is 11.5 Å². The first-order valence-electron chi connectivity index (χ1n) is 7.36. The van der Waals surface area contributed by atoms with E-state index in [9.17, 15) is 4.79 Å². The molecule has 23 heavy (non-hydrogen) atoms. The smallest absolute Gasteiger partial charge is 0.160 e. The van der Waals surface area contributed by atoms with Crippen molar-refractivity contribution in [1.29, 1.82) is 5.26 Å². The van der Waals surface area contributed by atoms with Gasteiger partial charge in [-0.25, -0.2) is 0 Å². The van der Waals surface area contributed by atoms with Crippen molar-refractivity contribution in [1.82, 2.24) is 4.90 Å². The van der Waals surface area contributed by atoms with Gasteiger partial charge in [0.2, 0.25) is 0 Å². The number of benzene rings is 1. The number of carbonyl (C=O) groups excluding carboxylic acids is 1. The van der Waals surface area contributed by atoms with Gasteiger partial charge < -0.3 is 14.4 Å². The summed E-state index contributed by atoms with van der Waals surface area (Å²) in [5, 5.41) is 9.07. The molecule has 2 rings (SSSR count). The molecule has 5 heteroatoms. The van der Waals surface area contributed by atoms with Crippen molar-refractivity contribution in [2.24, 2.45) is 5.92 Å². The molecule has 0 bridgehead atoms. The Labute approximate surface area is 136 Å². The second-order valence-electron chi connectivity index (χ2n) is 5.27. The molecule has 1 aromatic rings. The van der Waals surface area contributed by atoms with E-state index < -0.39 is 5.92 Å². The number of rotatable bonds is 6. The summed E-state index contributed by atoms with van der Waals surface area (Å²) in [5.74, 6) is 0.871. The largest absolute Gasteiger partial charge is 0.493 e. The zero-order chi connectivity index (χ0) is 16.8. The average Bonchev–Trinajstić information content (AvgIpc) is 2.59. The highest BCUT2D eigenvalue weighted by Crippen LogP contribution is 2.28. The summed E-state index contributed by atoms with van der Waals surface area (Å²) in [6, 6.07) is 7.94. The van der Waals surface area contributed by atoms with Crippen LogP contribution in [0.1, 0.15) is 12.5 Å². The molecule has 1 aromatic carbocycles. The highest BCUT2D eigenvalue weighted by atomic mass is 16.5. The number of nitriles is 1. The lowest BCUT2D eigenvalue weighted by molar-refractivity contribution is -0.113. The van der Waals surface area contributed by atoms with Gasteiger partial charge in [-0.3, -0.25) is 4.79 Å². The van der Waals surface area contributed by atoms with Crippen LogP contribution in [0.25, 0.3) is 0 Å². The number of methoxy groups -OCH3 is 2. The molecule has 0 unspecified atom stereocenters. The second kappa shape index (κ2) is 7.50. The number of ether oxygens (including phenoxy) is 2. The zero-order valence-electron chi connectivity index (χ0n) is 13.6. The van der Waals surface area contributed by atoms with Crippen molar-refractivity contribution in [3.8, 4) is 17.6 Å². The van der Waals surface area contributed by atoms with Crippen LogP contribution in [0.2, 0.25) is 0 Å². The first-order chi connectivity index (χ1) is 11.1. The summed E-state index contributed by atoms with van der Waals surface area (Å²) in [7, 11) is 3.22. The molecule has 0 aliphatic carbocycles. The lowest BCUT2D eigenvalue weighted by atomic mass is 9.96. The van der Waals surface area contributed by atoms with Crippen molar-refractivity contribution < 1.29 is 14.3 Å². The summed E-state index contributed by atoms with van der Waals surface area (Å²) >= 11 is 0. The molecule has 0 saturated heterocycles. The van der Waals surface area contributed by atoms with Gasteiger partial charge in [0.1, 0.15) is 0 Å². The van der Waals surface area contributed by atoms with E-state index in [0.29, 0.717) is 23.6 Å². The van der Waals surface area contributed by atoms with E-state index in [4.69, 9.17) is 14.7 Å². The van der Waals surface area contributed by atoms with Crippen molar-refractivity contribution in [2.75, 3.05) is 20.8 Å². The fourth-order valence-corrected chi connectivity index (χ4v) is 2.46. The molecule has 0 N–H and O–H groups in total. The third-order valence-electron chi connectivity index (χ3n) is 3.76. The molecule has 1 heterocycles. The fourth-order valence-electron chi connectivity index (χ4n) is 2.46. The molecule has 120 valence electrons. The Kier molecular flexibility index (Phi) is 5.42. The number of carbonyl (C=O) groups is 1. The van der Waals surface area contributed by atoms with Crippen LogP contribution in [-0.2, 0) is 11.2 Å². The van der Waals surface area contributed by atoms with Gasteiger partial charge in [-0.2, -0.15) is 5.26 Å². The quantitative estimate of drug-likeness (QED) is 0.808. The van der Waals surface area contributed by atoms with Gasteiger partial charge in [-0.1, -0.05) is 6.07 Å². The predicted octanol–water partition coefficient (Wildman–Crippen LogP) is 2.69. The number of ketones is 1. The van der Waals surface area contributed by atoms with E-state index in [2.05, 4.69) is 6.07 Å². The molecule has 1 atom stereocenters. The van der Waals surface area contributed by atoms with E-state index in [0.717, 1.165) is 12.0 Å². The van der Waals surface area contributed by atoms with Gasteiger partial charge in [-0.15, -0.1) is 0 Å². The average molecular weight is 312 g/mol. The summed E-state index contributed by atoms with van der Waals surface area (Å²) in [6.45, 7) is 2.20. The molecule has 1 aliphatic rings. The lowest BCUT2D eigenvalue weighted by Crippen LogP contribution is -2.22. The normalized spacial score (nSPS) is 16.5. The van der Waals surface area contributed by atoms with Crippen LogP contribution in [0.4, 0.5) is 0 Å². The van der Waals surface area contributed by atoms with E-state index in [1.54, 1.807) is 26.5 Å². The minimum Gasteiger partial charge on any atom is -0.493 e. The highest BCUT2D eigenvalue weighted by Gasteiger charge is 2.19. The summed E-state index contributed by atoms with van der Waals surface area (Å²) in [4.78, 5) is 13.6. The van der Waals surface area contributed by atoms with Gasteiger partial charge >= 0.3 is 0 Å². The molecule has 0 radical (unpaired) electrons. The number of hydrogen-bond donors (Lipinski definition) is 0. The molecule has 0 fully saturated rings. The van der Waals surface area contributed by atoms with Crippen molar-refractivity contribution in [3.05, 3.63) is 47.8 Å². The van der Waals surface area contributed by atoms with Crippen molar-refractivity contribution in [3.63, 3.8) is 0 Å². The predicted molar refractivity (Wildman–Crippen MR) is 87.0 cm³/mol. The SMILES string of the molecule is COc1ccc(CCN2C=C[C@H](C#N)C(C(C)=O)=C2)cc1OC. The molecule has 0 aromatic heterocycles. The van der Waals surface area contributed by atoms with Gasteiger partial charge in [0, 0.05) is 24.5 Å². The third kappa shape index (κ3) is 3.92. The summed E-state index contributed by atoms with van der Waals surface area (Å²) in [5.41, 5.74) is 1.64. The third-order valence-corrected chi connectivity index (χ3v) is 3.76. The monoisotopic (exact) mass is 312 g/mol. The fraction of sp³-hybridized carbons (Fsp3) is 0.333. The van der Waals surface area contributed by atoms with Gasteiger partial charge in [0.05, 0.1) is 26.2 Å². The molecule has 5 nitrogen and oxygen atoms in total. The second-order valence-corrected chi connectivity index (χ2v) is 5.27. The Bertz CT molecular complexity index is 686. The number of allylic oxidation sites excluding steroid dienone is 2. The highest BCUT2D eigenvalue weighted by molar-refractivity contribution is 5.94. The number of Topliss-reactive ketones (excluding diaryl/α,β-unsaturated/α-hetero) is 1. The Morgan fingerprint density at radius 2 is 2.04 bits per heavy atom. The van der Waals surface area contributed by atoms with E-state index in [1.807, 2.05) is 29.3 Å². The number of hydrogen-bond acceptors (Lipinski definition) is 5. The molecule has 0 saturated carbocycles. The zero-order valence-corrected chi connectivity index (χ0v) is 13.6. The minimum absolute atomic E-state index is 0.0722. The Hall–Kier alpha value is -2.74. The van der Waals surface area contributed by atoms with Crippen LogP contribution in [-0.4, -0.2) is 31.4 Å². The Morgan fingerprint density at radius 1 is 1.30 bits per heavy atom. The van der Waals surface area contributed by atoms with Crippen molar-refractivity contribution in [2.45, 2.75) is 13.3 Å². The van der Waals surface area contributed by atoms with Gasteiger partial charge in [0.15, 0.2) is 17.3 Å². The summed E-state index contributed by atoms with van der Waals surface area (Å²) < 4.78 is 10.5. The standard InChI is InChI=1S/C18H20N2O3/c1-13(21)16-12-20(9-7-15(16)11-19)8-6-14-4-5-17(22-2)18(10-14)23-3/h4-5,7,9-10,12,15H,6,8H2,1-3H3/t15-/m1/s1. The molecular weight excluding hydrogens is 292 g/mol. The van der Waals surface area contributed by atoms with E-state index in [1.165, 1.54) is 6.92 Å². The maximum absolute atomic E-state index is 11.6. The van der Waals surface area contributed by atoms with E-state index >= 15 is 0 Å². The molecule has 1 aliphatic heterocycles. The summed E-state index contributed by atoms with van der Waals surface area (Å²) in [6.07, 6.45) is 6.15. The van der Waals surface area contributed by atoms with Crippen molar-refractivity contribution >= 4 is 5.78 Å². The first-order valence-corrected chi connectivity index (χ1v) is 7.36. The molecule has 0 amide bonds. The minimum atomic E-state index is -0.454. The molecule has 0 spiro atoms. The van der Waals surface area contributed by atoms with Crippen LogP contribution >= 0.6 is 0 Å². The van der Waals surface area contributed by atoms with Crippen LogP contribution < -0.4 is 9.47 Å². The van der Waals surface area contributed by atoms with Gasteiger partial charge in [0.25, 0.3) is 0 Å². The Morgan fingerprint density at radius 3 is 2.65 bits per heavy atom. The lowest BCUT2D eigenvalue weighted by Gasteiger charge is -2.23. The first kappa shape index (κ1) is 16.6. The topological polar surface area (TPSA) is 62.6 Å². The van der Waals surface area contributed by atoms with Gasteiger partial charge in [-0.05, 0) is 37.1 Å². The van der Waals surface area contributed by atoms with Crippen LogP contribution in [0.3, 0.4) is 0 Å². The Balaban J connectivity index is 2.07. The molecular formula is C18H20N2O3. The van der Waals surface area contributed by atoms with Crippen LogP contribution in [0, 0.1) is 17.2 Å². The number of nitrogens with zero attached hydrogens (tertiary/aromatic N) is 2. The maximum Gasteiger partial charge on any atom is 0.160 e. The maximum atomic E-state index is 11.6.